The molecule has 1 N–H and O–H groups in total. The molecule has 0 aromatic heterocycles. The number of halogens is 3. The first-order valence-corrected chi connectivity index (χ1v) is 9.34. The highest BCUT2D eigenvalue weighted by atomic mass is 32.2. The van der Waals surface area contributed by atoms with Gasteiger partial charge in [0.05, 0.1) is 22.7 Å². The highest BCUT2D eigenvalue weighted by Crippen LogP contribution is 2.38. The number of rotatable bonds is 7. The van der Waals surface area contributed by atoms with Gasteiger partial charge in [-0.3, -0.25) is 13.8 Å². The summed E-state index contributed by atoms with van der Waals surface area (Å²) in [5.74, 6) is -2.90. The van der Waals surface area contributed by atoms with E-state index in [2.05, 4.69) is 10.3 Å². The van der Waals surface area contributed by atoms with E-state index in [9.17, 15) is 27.0 Å². The highest BCUT2D eigenvalue weighted by Gasteiger charge is 2.39. The lowest BCUT2D eigenvalue weighted by atomic mass is 10.0. The topological polar surface area (TPSA) is 88.1 Å². The second-order valence-corrected chi connectivity index (χ2v) is 7.14. The molecule has 1 rings (SSSR count). The molecule has 0 fully saturated rings. The predicted octanol–water partition coefficient (Wildman–Crippen LogP) is 1.66. The summed E-state index contributed by atoms with van der Waals surface area (Å²) >= 11 is 0. The van der Waals surface area contributed by atoms with Crippen molar-refractivity contribution in [1.29, 1.82) is 0 Å². The number of nitrogens with one attached hydrogen (secondary N) is 1. The smallest absolute Gasteiger partial charge is 0.420 e. The Bertz CT molecular complexity index is 751. The highest BCUT2D eigenvalue weighted by molar-refractivity contribution is 7.84. The third kappa shape index (κ3) is 7.00. The van der Waals surface area contributed by atoms with Crippen LogP contribution >= 0.6 is 0 Å². The summed E-state index contributed by atoms with van der Waals surface area (Å²) in [6.07, 6.45) is -2.41. The van der Waals surface area contributed by atoms with Crippen LogP contribution in [0.15, 0.2) is 23.2 Å². The minimum Gasteiger partial charge on any atom is -0.480 e. The van der Waals surface area contributed by atoms with E-state index in [-0.39, 0.29) is 0 Å². The fourth-order valence-electron chi connectivity index (χ4n) is 1.90. The number of nitrogens with zero attached hydrogens (tertiary/aromatic N) is 2. The fraction of sp³-hybridized carbons (Fsp3) is 0.438. The number of aliphatic imine (C=N–C) groups is 1. The van der Waals surface area contributed by atoms with Gasteiger partial charge >= 0.3 is 6.18 Å². The lowest BCUT2D eigenvalue weighted by Crippen LogP contribution is -2.39. The Balaban J connectivity index is 3.13. The molecule has 27 heavy (non-hydrogen) atoms. The summed E-state index contributed by atoms with van der Waals surface area (Å²) in [6, 6.07) is 2.06. The Hall–Kier alpha value is -2.43. The molecule has 2 atom stereocenters. The molecule has 1 unspecified atom stereocenters. The van der Waals surface area contributed by atoms with Crippen molar-refractivity contribution in [1.82, 2.24) is 10.2 Å². The van der Waals surface area contributed by atoms with Crippen LogP contribution in [0, 0.1) is 0 Å². The van der Waals surface area contributed by atoms with Gasteiger partial charge in [-0.2, -0.15) is 13.2 Å². The van der Waals surface area contributed by atoms with E-state index >= 15 is 0 Å². The molecule has 0 heterocycles. The van der Waals surface area contributed by atoms with E-state index in [4.69, 9.17) is 4.74 Å². The van der Waals surface area contributed by atoms with Gasteiger partial charge in [0, 0.05) is 20.4 Å². The summed E-state index contributed by atoms with van der Waals surface area (Å²) in [6.45, 7) is 1.31. The minimum atomic E-state index is -4.89. The summed E-state index contributed by atoms with van der Waals surface area (Å²) in [7, 11) is 1.76. The second-order valence-electron chi connectivity index (χ2n) is 5.75. The molecule has 0 bridgehead atoms. The summed E-state index contributed by atoms with van der Waals surface area (Å²) in [5, 5.41) is 2.19. The first-order valence-electron chi connectivity index (χ1n) is 7.61. The van der Waals surface area contributed by atoms with Crippen LogP contribution in [0.1, 0.15) is 22.8 Å². The Morgan fingerprint density at radius 3 is 2.52 bits per heavy atom. The molecule has 0 aliphatic carbocycles. The van der Waals surface area contributed by atoms with Crippen LogP contribution in [-0.4, -0.2) is 59.6 Å². The summed E-state index contributed by atoms with van der Waals surface area (Å²) in [5.41, 5.74) is -2.01. The zero-order chi connectivity index (χ0) is 20.8. The average Bonchev–Trinajstić information content (AvgIpc) is 2.56. The van der Waals surface area contributed by atoms with Crippen molar-refractivity contribution in [2.45, 2.75) is 19.1 Å². The number of alkyl halides is 3. The van der Waals surface area contributed by atoms with Gasteiger partial charge in [0.1, 0.15) is 17.4 Å². The number of amides is 2. The van der Waals surface area contributed by atoms with Gasteiger partial charge in [0.25, 0.3) is 11.8 Å². The van der Waals surface area contributed by atoms with Crippen molar-refractivity contribution < 1.29 is 31.7 Å². The lowest BCUT2D eigenvalue weighted by Gasteiger charge is -2.18. The van der Waals surface area contributed by atoms with E-state index in [1.165, 1.54) is 30.5 Å². The SMILES string of the molecule is C[C@H](NC(=O)c1cccc(OCS(C)=O)c1C(F)(F)F)C(=O)N=CN(C)C. The molecule has 1 aromatic carbocycles. The Labute approximate surface area is 157 Å². The number of hydrogen-bond acceptors (Lipinski definition) is 4. The first kappa shape index (κ1) is 22.6. The molecular weight excluding hydrogens is 387 g/mol. The molecule has 0 aliphatic heterocycles. The monoisotopic (exact) mass is 407 g/mol. The Kier molecular flexibility index (Phi) is 7.95. The van der Waals surface area contributed by atoms with Crippen molar-refractivity contribution in [3.63, 3.8) is 0 Å². The largest absolute Gasteiger partial charge is 0.480 e. The average molecular weight is 407 g/mol. The van der Waals surface area contributed by atoms with Crippen LogP contribution < -0.4 is 10.1 Å². The lowest BCUT2D eigenvalue weighted by molar-refractivity contribution is -0.139. The van der Waals surface area contributed by atoms with Gasteiger partial charge in [0.2, 0.25) is 0 Å². The second kappa shape index (κ2) is 9.49. The third-order valence-electron chi connectivity index (χ3n) is 3.07. The Morgan fingerprint density at radius 1 is 1.37 bits per heavy atom. The molecule has 0 radical (unpaired) electrons. The number of carbonyl (C=O) groups is 2. The Morgan fingerprint density at radius 2 is 2.00 bits per heavy atom. The van der Waals surface area contributed by atoms with E-state index in [0.717, 1.165) is 12.1 Å². The maximum absolute atomic E-state index is 13.5. The zero-order valence-corrected chi connectivity index (χ0v) is 16.0. The van der Waals surface area contributed by atoms with Crippen molar-refractivity contribution in [2.75, 3.05) is 26.3 Å². The minimum absolute atomic E-state index is 0.456. The molecule has 0 saturated carbocycles. The standard InChI is InChI=1S/C16H20F3N3O4S/c1-10(14(23)20-8-22(2)3)21-15(24)11-6-5-7-12(26-9-27(4)25)13(11)16(17,18)19/h5-8,10H,9H2,1-4H3,(H,21,24)/t10-,27?/m0/s1. The molecule has 2 amide bonds. The van der Waals surface area contributed by atoms with Gasteiger partial charge in [-0.1, -0.05) is 6.07 Å². The van der Waals surface area contributed by atoms with E-state index < -0.39 is 57.6 Å². The van der Waals surface area contributed by atoms with Crippen molar-refractivity contribution in [2.24, 2.45) is 4.99 Å². The van der Waals surface area contributed by atoms with Crippen LogP contribution in [0.4, 0.5) is 13.2 Å². The van der Waals surface area contributed by atoms with Gasteiger partial charge in [-0.05, 0) is 19.1 Å². The van der Waals surface area contributed by atoms with Gasteiger partial charge in [0.15, 0.2) is 5.94 Å². The molecule has 0 spiro atoms. The molecule has 0 aliphatic rings. The predicted molar refractivity (Wildman–Crippen MR) is 95.1 cm³/mol. The van der Waals surface area contributed by atoms with Crippen LogP contribution in [-0.2, 0) is 21.8 Å². The van der Waals surface area contributed by atoms with Crippen molar-refractivity contribution in [3.05, 3.63) is 29.3 Å². The van der Waals surface area contributed by atoms with E-state index in [1.54, 1.807) is 14.1 Å². The zero-order valence-electron chi connectivity index (χ0n) is 15.2. The first-order chi connectivity index (χ1) is 12.4. The summed E-state index contributed by atoms with van der Waals surface area (Å²) < 4.78 is 56.4. The number of ether oxygens (including phenoxy) is 1. The van der Waals surface area contributed by atoms with Crippen LogP contribution in [0.5, 0.6) is 5.75 Å². The van der Waals surface area contributed by atoms with Gasteiger partial charge in [-0.15, -0.1) is 0 Å². The molecule has 1 aromatic rings. The third-order valence-corrected chi connectivity index (χ3v) is 3.52. The molecular formula is C16H20F3N3O4S. The van der Waals surface area contributed by atoms with Crippen LogP contribution in [0.3, 0.4) is 0 Å². The summed E-state index contributed by atoms with van der Waals surface area (Å²) in [4.78, 5) is 29.2. The van der Waals surface area contributed by atoms with Crippen molar-refractivity contribution in [3.8, 4) is 5.75 Å². The molecule has 0 saturated heterocycles. The number of benzene rings is 1. The molecule has 11 heteroatoms. The quantitative estimate of drug-likeness (QED) is 0.549. The fourth-order valence-corrected chi connectivity index (χ4v) is 2.19. The number of hydrogen-bond donors (Lipinski definition) is 1. The maximum atomic E-state index is 13.5. The number of carbonyl (C=O) groups excluding carboxylic acids is 2. The molecule has 7 nitrogen and oxygen atoms in total. The van der Waals surface area contributed by atoms with E-state index in [1.807, 2.05) is 0 Å². The van der Waals surface area contributed by atoms with Gasteiger partial charge < -0.3 is 15.0 Å². The van der Waals surface area contributed by atoms with Crippen molar-refractivity contribution >= 4 is 29.0 Å². The molecule has 150 valence electrons. The van der Waals surface area contributed by atoms with Gasteiger partial charge in [-0.25, -0.2) is 4.99 Å². The van der Waals surface area contributed by atoms with Crippen LogP contribution in [0.2, 0.25) is 0 Å². The maximum Gasteiger partial charge on any atom is 0.420 e. The van der Waals surface area contributed by atoms with Crippen LogP contribution in [0.25, 0.3) is 0 Å². The normalized spacial score (nSPS) is 13.9. The van der Waals surface area contributed by atoms with E-state index in [0.29, 0.717) is 0 Å².